The van der Waals surface area contributed by atoms with E-state index in [0.717, 1.165) is 26.2 Å². The Kier molecular flexibility index (Phi) is 5.19. The third-order valence-corrected chi connectivity index (χ3v) is 5.59. The van der Waals surface area contributed by atoms with E-state index in [1.54, 1.807) is 6.07 Å². The van der Waals surface area contributed by atoms with Crippen LogP contribution >= 0.6 is 11.6 Å². The standard InChI is InChI=1S/C20H20ClF3N6/c1-11-7-16(25)28-18(17(11)20(22,23)24)12-9-15-13(8-14(12)21)19(27-10-26-15)30-5-3-29(2)4-6-30/h7-10H,3-6H2,1-2H3,(H2,25,28). The summed E-state index contributed by atoms with van der Waals surface area (Å²) in [7, 11) is 2.05. The van der Waals surface area contributed by atoms with Crippen molar-refractivity contribution in [2.45, 2.75) is 13.1 Å². The zero-order chi connectivity index (χ0) is 21.6. The van der Waals surface area contributed by atoms with Gasteiger partial charge in [-0.05, 0) is 37.7 Å². The largest absolute Gasteiger partial charge is 0.418 e. The summed E-state index contributed by atoms with van der Waals surface area (Å²) >= 11 is 6.47. The number of anilines is 2. The van der Waals surface area contributed by atoms with E-state index in [2.05, 4.69) is 31.8 Å². The van der Waals surface area contributed by atoms with E-state index in [-0.39, 0.29) is 27.7 Å². The molecule has 3 aromatic rings. The molecular formula is C20H20ClF3N6. The molecule has 10 heteroatoms. The summed E-state index contributed by atoms with van der Waals surface area (Å²) < 4.78 is 41.3. The minimum absolute atomic E-state index is 0.00697. The van der Waals surface area contributed by atoms with E-state index >= 15 is 0 Å². The summed E-state index contributed by atoms with van der Waals surface area (Å²) in [4.78, 5) is 17.0. The molecule has 158 valence electrons. The fraction of sp³-hybridized carbons (Fsp3) is 0.350. The molecule has 0 bridgehead atoms. The summed E-state index contributed by atoms with van der Waals surface area (Å²) in [6.07, 6.45) is -3.19. The highest BCUT2D eigenvalue weighted by Gasteiger charge is 2.37. The topological polar surface area (TPSA) is 71.2 Å². The molecule has 1 aromatic carbocycles. The van der Waals surface area contributed by atoms with Crippen LogP contribution < -0.4 is 10.6 Å². The Morgan fingerprint density at radius 2 is 1.77 bits per heavy atom. The third kappa shape index (κ3) is 3.75. The lowest BCUT2D eigenvalue weighted by atomic mass is 9.99. The Hall–Kier alpha value is -2.65. The molecule has 0 amide bonds. The van der Waals surface area contributed by atoms with Gasteiger partial charge in [-0.2, -0.15) is 13.2 Å². The van der Waals surface area contributed by atoms with Gasteiger partial charge in [0.25, 0.3) is 0 Å². The second kappa shape index (κ2) is 7.55. The van der Waals surface area contributed by atoms with Gasteiger partial charge in [0.15, 0.2) is 0 Å². The average molecular weight is 437 g/mol. The van der Waals surface area contributed by atoms with Crippen molar-refractivity contribution in [2.75, 3.05) is 43.9 Å². The summed E-state index contributed by atoms with van der Waals surface area (Å²) in [5.41, 5.74) is 5.21. The Bertz CT molecular complexity index is 1110. The number of pyridine rings is 1. The molecule has 0 radical (unpaired) electrons. The lowest BCUT2D eigenvalue weighted by molar-refractivity contribution is -0.137. The predicted octanol–water partition coefficient (Wildman–Crippen LogP) is 4.01. The van der Waals surface area contributed by atoms with E-state index in [1.807, 2.05) is 0 Å². The molecule has 6 nitrogen and oxygen atoms in total. The monoisotopic (exact) mass is 436 g/mol. The molecule has 0 saturated carbocycles. The number of likely N-dealkylation sites (N-methyl/N-ethyl adjacent to an activating group) is 1. The smallest absolute Gasteiger partial charge is 0.384 e. The molecule has 1 fully saturated rings. The summed E-state index contributed by atoms with van der Waals surface area (Å²) in [5.74, 6) is 0.710. The van der Waals surface area contributed by atoms with Gasteiger partial charge in [-0.25, -0.2) is 15.0 Å². The van der Waals surface area contributed by atoms with Gasteiger partial charge >= 0.3 is 6.18 Å². The fourth-order valence-corrected chi connectivity index (χ4v) is 4.02. The van der Waals surface area contributed by atoms with Gasteiger partial charge in [-0.15, -0.1) is 0 Å². The zero-order valence-electron chi connectivity index (χ0n) is 16.5. The van der Waals surface area contributed by atoms with Crippen LogP contribution in [-0.2, 0) is 6.18 Å². The molecule has 0 unspecified atom stereocenters. The quantitative estimate of drug-likeness (QED) is 0.654. The highest BCUT2D eigenvalue weighted by atomic mass is 35.5. The Labute approximate surface area is 176 Å². The molecule has 1 aliphatic heterocycles. The van der Waals surface area contributed by atoms with Gasteiger partial charge in [0.2, 0.25) is 0 Å². The summed E-state index contributed by atoms with van der Waals surface area (Å²) in [6, 6.07) is 4.34. The molecule has 0 aliphatic carbocycles. The van der Waals surface area contributed by atoms with Crippen LogP contribution in [0.2, 0.25) is 5.02 Å². The lowest BCUT2D eigenvalue weighted by Gasteiger charge is -2.33. The normalized spacial score (nSPS) is 15.7. The third-order valence-electron chi connectivity index (χ3n) is 5.28. The highest BCUT2D eigenvalue weighted by molar-refractivity contribution is 6.34. The number of aryl methyl sites for hydroxylation is 1. The number of nitrogen functional groups attached to an aromatic ring is 1. The molecule has 1 aliphatic rings. The maximum Gasteiger partial charge on any atom is 0.418 e. The number of halogens is 4. The number of nitrogens with two attached hydrogens (primary N) is 1. The fourth-order valence-electron chi connectivity index (χ4n) is 3.77. The van der Waals surface area contributed by atoms with Crippen LogP contribution in [0.15, 0.2) is 24.5 Å². The Morgan fingerprint density at radius 1 is 1.07 bits per heavy atom. The van der Waals surface area contributed by atoms with Gasteiger partial charge in [0, 0.05) is 37.1 Å². The maximum absolute atomic E-state index is 13.8. The van der Waals surface area contributed by atoms with E-state index < -0.39 is 11.7 Å². The van der Waals surface area contributed by atoms with Crippen LogP contribution in [0, 0.1) is 6.92 Å². The molecular weight excluding hydrogens is 417 g/mol. The first kappa shape index (κ1) is 20.6. The molecule has 0 atom stereocenters. The van der Waals surface area contributed by atoms with Gasteiger partial charge < -0.3 is 15.5 Å². The second-order valence-electron chi connectivity index (χ2n) is 7.42. The molecule has 2 aromatic heterocycles. The molecule has 4 rings (SSSR count). The molecule has 2 N–H and O–H groups in total. The molecule has 30 heavy (non-hydrogen) atoms. The number of alkyl halides is 3. The van der Waals surface area contributed by atoms with Crippen molar-refractivity contribution >= 4 is 34.1 Å². The van der Waals surface area contributed by atoms with Crippen molar-refractivity contribution < 1.29 is 13.2 Å². The number of piperazine rings is 1. The first-order valence-corrected chi connectivity index (χ1v) is 9.75. The Balaban J connectivity index is 1.89. The van der Waals surface area contributed by atoms with E-state index in [1.165, 1.54) is 25.4 Å². The van der Waals surface area contributed by atoms with Crippen LogP contribution in [0.3, 0.4) is 0 Å². The van der Waals surface area contributed by atoms with Crippen molar-refractivity contribution in [2.24, 2.45) is 0 Å². The lowest BCUT2D eigenvalue weighted by Crippen LogP contribution is -2.44. The number of benzene rings is 1. The highest BCUT2D eigenvalue weighted by Crippen LogP contribution is 2.42. The number of aromatic nitrogens is 3. The molecule has 3 heterocycles. The summed E-state index contributed by atoms with van der Waals surface area (Å²) in [6.45, 7) is 4.71. The molecule has 1 saturated heterocycles. The summed E-state index contributed by atoms with van der Waals surface area (Å²) in [5, 5.41) is 0.820. The number of rotatable bonds is 2. The van der Waals surface area contributed by atoms with Crippen molar-refractivity contribution in [3.05, 3.63) is 40.7 Å². The van der Waals surface area contributed by atoms with Gasteiger partial charge in [-0.1, -0.05) is 11.6 Å². The van der Waals surface area contributed by atoms with Crippen LogP contribution in [0.4, 0.5) is 24.8 Å². The molecule has 0 spiro atoms. The number of fused-ring (bicyclic) bond motifs is 1. The van der Waals surface area contributed by atoms with Gasteiger partial charge in [-0.3, -0.25) is 0 Å². The van der Waals surface area contributed by atoms with Crippen molar-refractivity contribution in [3.63, 3.8) is 0 Å². The van der Waals surface area contributed by atoms with Crippen molar-refractivity contribution in [1.82, 2.24) is 19.9 Å². The van der Waals surface area contributed by atoms with Crippen LogP contribution in [0.1, 0.15) is 11.1 Å². The van der Waals surface area contributed by atoms with Crippen molar-refractivity contribution in [3.8, 4) is 11.3 Å². The minimum Gasteiger partial charge on any atom is -0.384 e. The Morgan fingerprint density at radius 3 is 2.43 bits per heavy atom. The number of hydrogen-bond donors (Lipinski definition) is 1. The van der Waals surface area contributed by atoms with Gasteiger partial charge in [0.05, 0.1) is 21.8 Å². The van der Waals surface area contributed by atoms with Crippen LogP contribution in [-0.4, -0.2) is 53.1 Å². The zero-order valence-corrected chi connectivity index (χ0v) is 17.2. The maximum atomic E-state index is 13.8. The second-order valence-corrected chi connectivity index (χ2v) is 7.83. The first-order chi connectivity index (χ1) is 14.1. The first-order valence-electron chi connectivity index (χ1n) is 9.37. The average Bonchev–Trinajstić information content (AvgIpc) is 2.66. The van der Waals surface area contributed by atoms with E-state index in [0.29, 0.717) is 16.7 Å². The van der Waals surface area contributed by atoms with Gasteiger partial charge in [0.1, 0.15) is 18.0 Å². The number of nitrogens with zero attached hydrogens (tertiary/aromatic N) is 5. The SMILES string of the molecule is Cc1cc(N)nc(-c2cc3ncnc(N4CCN(C)CC4)c3cc2Cl)c1C(F)(F)F. The van der Waals surface area contributed by atoms with Crippen LogP contribution in [0.25, 0.3) is 22.2 Å². The minimum atomic E-state index is -4.60. The van der Waals surface area contributed by atoms with Crippen molar-refractivity contribution in [1.29, 1.82) is 0 Å². The van der Waals surface area contributed by atoms with Crippen LogP contribution in [0.5, 0.6) is 0 Å². The van der Waals surface area contributed by atoms with E-state index in [9.17, 15) is 13.2 Å². The number of hydrogen-bond acceptors (Lipinski definition) is 6. The predicted molar refractivity (Wildman–Crippen MR) is 112 cm³/mol. The van der Waals surface area contributed by atoms with E-state index in [4.69, 9.17) is 17.3 Å².